The number of nitrogens with zero attached hydrogens (tertiary/aromatic N) is 1. The molecular weight excluding hydrogens is 400 g/mol. The van der Waals surface area contributed by atoms with Gasteiger partial charge in [0.25, 0.3) is 0 Å². The minimum Gasteiger partial charge on any atom is -0.481 e. The summed E-state index contributed by atoms with van der Waals surface area (Å²) in [5.74, 6) is -1.35. The van der Waals surface area contributed by atoms with Gasteiger partial charge in [0.15, 0.2) is 6.10 Å². The van der Waals surface area contributed by atoms with Crippen molar-refractivity contribution in [1.82, 2.24) is 4.98 Å². The fourth-order valence-corrected chi connectivity index (χ4v) is 3.22. The molecule has 31 heavy (non-hydrogen) atoms. The summed E-state index contributed by atoms with van der Waals surface area (Å²) in [6, 6.07) is 11.0. The van der Waals surface area contributed by atoms with Gasteiger partial charge in [0.1, 0.15) is 18.4 Å². The van der Waals surface area contributed by atoms with E-state index in [1.165, 1.54) is 0 Å². The number of carbonyl (C=O) groups is 3. The molecule has 0 amide bonds. The number of hydrogen-bond acceptors (Lipinski definition) is 8. The molecule has 1 saturated carbocycles. The van der Waals surface area contributed by atoms with Gasteiger partial charge in [-0.25, -0.2) is 4.79 Å². The Morgan fingerprint density at radius 3 is 2.61 bits per heavy atom. The SMILES string of the molecule is O=C1C=C(CO)OC(C(Nc2ccc(C(=O)OCC3CC3)cc2)c2ccccn2)C1=O. The predicted octanol–water partition coefficient (Wildman–Crippen LogP) is 2.21. The van der Waals surface area contributed by atoms with Gasteiger partial charge in [0, 0.05) is 18.0 Å². The summed E-state index contributed by atoms with van der Waals surface area (Å²) >= 11 is 0. The highest BCUT2D eigenvalue weighted by Gasteiger charge is 2.39. The Bertz CT molecular complexity index is 998. The van der Waals surface area contributed by atoms with Crippen LogP contribution in [0.5, 0.6) is 0 Å². The quantitative estimate of drug-likeness (QED) is 0.492. The maximum Gasteiger partial charge on any atom is 0.338 e. The molecule has 0 bridgehead atoms. The highest BCUT2D eigenvalue weighted by Crippen LogP contribution is 2.30. The van der Waals surface area contributed by atoms with E-state index in [-0.39, 0.29) is 11.7 Å². The summed E-state index contributed by atoms with van der Waals surface area (Å²) in [7, 11) is 0. The summed E-state index contributed by atoms with van der Waals surface area (Å²) in [4.78, 5) is 41.1. The second-order valence-corrected chi connectivity index (χ2v) is 7.53. The number of allylic oxidation sites excluding steroid dienone is 1. The first-order chi connectivity index (χ1) is 15.0. The maximum atomic E-state index is 12.5. The number of hydrogen-bond donors (Lipinski definition) is 2. The normalized spacial score (nSPS) is 19.3. The van der Waals surface area contributed by atoms with Gasteiger partial charge >= 0.3 is 5.97 Å². The Labute approximate surface area is 178 Å². The standard InChI is InChI=1S/C23H22N2O6/c26-12-17-11-19(27)21(28)22(31-17)20(18-3-1-2-10-24-18)25-16-8-6-15(7-9-16)23(29)30-13-14-4-5-14/h1-3,6-11,14,20,22,25-26H,4-5,12-13H2. The van der Waals surface area contributed by atoms with Crippen molar-refractivity contribution in [1.29, 1.82) is 0 Å². The third kappa shape index (κ3) is 4.97. The van der Waals surface area contributed by atoms with Crippen LogP contribution < -0.4 is 5.32 Å². The molecule has 0 radical (unpaired) electrons. The zero-order valence-corrected chi connectivity index (χ0v) is 16.7. The number of carbonyl (C=O) groups excluding carboxylic acids is 3. The van der Waals surface area contributed by atoms with Crippen molar-refractivity contribution in [2.45, 2.75) is 25.0 Å². The van der Waals surface area contributed by atoms with Gasteiger partial charge < -0.3 is 19.9 Å². The van der Waals surface area contributed by atoms with Crippen LogP contribution in [0.15, 0.2) is 60.5 Å². The first kappa shape index (κ1) is 20.7. The molecule has 2 N–H and O–H groups in total. The molecule has 1 aromatic carbocycles. The third-order valence-corrected chi connectivity index (χ3v) is 5.13. The zero-order chi connectivity index (χ0) is 21.8. The molecule has 2 atom stereocenters. The Hall–Kier alpha value is -3.52. The van der Waals surface area contributed by atoms with E-state index in [0.717, 1.165) is 18.9 Å². The summed E-state index contributed by atoms with van der Waals surface area (Å²) in [5.41, 5.74) is 1.50. The van der Waals surface area contributed by atoms with Crippen LogP contribution in [0.4, 0.5) is 5.69 Å². The summed E-state index contributed by atoms with van der Waals surface area (Å²) in [6.45, 7) is -0.0570. The number of aliphatic hydroxyl groups is 1. The first-order valence-corrected chi connectivity index (χ1v) is 10.1. The molecule has 1 aromatic heterocycles. The molecule has 0 saturated heterocycles. The summed E-state index contributed by atoms with van der Waals surface area (Å²) < 4.78 is 10.9. The lowest BCUT2D eigenvalue weighted by molar-refractivity contribution is -0.142. The third-order valence-electron chi connectivity index (χ3n) is 5.13. The van der Waals surface area contributed by atoms with E-state index in [4.69, 9.17) is 9.47 Å². The molecule has 2 heterocycles. The lowest BCUT2D eigenvalue weighted by Gasteiger charge is -2.30. The Kier molecular flexibility index (Phi) is 6.08. The predicted molar refractivity (Wildman–Crippen MR) is 110 cm³/mol. The second kappa shape index (κ2) is 9.09. The van der Waals surface area contributed by atoms with E-state index in [2.05, 4.69) is 10.3 Å². The van der Waals surface area contributed by atoms with E-state index in [9.17, 15) is 19.5 Å². The number of anilines is 1. The van der Waals surface area contributed by atoms with Crippen LogP contribution in [0.1, 0.15) is 34.9 Å². The van der Waals surface area contributed by atoms with Gasteiger partial charge in [-0.05, 0) is 55.2 Å². The van der Waals surface area contributed by atoms with Crippen LogP contribution in [-0.2, 0) is 19.1 Å². The van der Waals surface area contributed by atoms with Crippen molar-refractivity contribution in [2.24, 2.45) is 5.92 Å². The molecular formula is C23H22N2O6. The number of pyridine rings is 1. The van der Waals surface area contributed by atoms with Crippen LogP contribution in [0, 0.1) is 5.92 Å². The van der Waals surface area contributed by atoms with E-state index < -0.39 is 30.3 Å². The van der Waals surface area contributed by atoms with Gasteiger partial charge in [-0.1, -0.05) is 6.07 Å². The number of nitrogens with one attached hydrogen (secondary N) is 1. The fourth-order valence-electron chi connectivity index (χ4n) is 3.22. The van der Waals surface area contributed by atoms with Crippen molar-refractivity contribution in [3.63, 3.8) is 0 Å². The van der Waals surface area contributed by atoms with E-state index >= 15 is 0 Å². The molecule has 8 heteroatoms. The van der Waals surface area contributed by atoms with Crippen LogP contribution >= 0.6 is 0 Å². The van der Waals surface area contributed by atoms with Gasteiger partial charge in [0.05, 0.1) is 17.9 Å². The molecule has 8 nitrogen and oxygen atoms in total. The second-order valence-electron chi connectivity index (χ2n) is 7.53. The Balaban J connectivity index is 1.54. The van der Waals surface area contributed by atoms with E-state index in [1.807, 2.05) is 0 Å². The number of benzene rings is 1. The number of rotatable bonds is 8. The monoisotopic (exact) mass is 422 g/mol. The summed E-state index contributed by atoms with van der Waals surface area (Å²) in [5, 5.41) is 12.5. The van der Waals surface area contributed by atoms with Crippen molar-refractivity contribution < 1.29 is 29.0 Å². The molecule has 2 aromatic rings. The van der Waals surface area contributed by atoms with Crippen molar-refractivity contribution in [3.05, 3.63) is 71.8 Å². The van der Waals surface area contributed by atoms with Crippen molar-refractivity contribution in [3.8, 4) is 0 Å². The Morgan fingerprint density at radius 1 is 1.19 bits per heavy atom. The smallest absolute Gasteiger partial charge is 0.338 e. The molecule has 1 aliphatic heterocycles. The Morgan fingerprint density at radius 2 is 1.97 bits per heavy atom. The molecule has 1 fully saturated rings. The molecule has 160 valence electrons. The summed E-state index contributed by atoms with van der Waals surface area (Å²) in [6.07, 6.45) is 3.57. The van der Waals surface area contributed by atoms with E-state index in [1.54, 1.807) is 48.7 Å². The average Bonchev–Trinajstić information content (AvgIpc) is 3.63. The lowest BCUT2D eigenvalue weighted by Crippen LogP contribution is -2.42. The maximum absolute atomic E-state index is 12.5. The minimum atomic E-state index is -1.20. The lowest BCUT2D eigenvalue weighted by atomic mass is 9.97. The largest absolute Gasteiger partial charge is 0.481 e. The van der Waals surface area contributed by atoms with Crippen molar-refractivity contribution >= 4 is 23.2 Å². The molecule has 2 unspecified atom stereocenters. The van der Waals surface area contributed by atoms with Gasteiger partial charge in [-0.2, -0.15) is 0 Å². The highest BCUT2D eigenvalue weighted by molar-refractivity contribution is 6.44. The number of esters is 1. The number of ether oxygens (including phenoxy) is 2. The molecule has 4 rings (SSSR count). The topological polar surface area (TPSA) is 115 Å². The zero-order valence-electron chi connectivity index (χ0n) is 16.7. The van der Waals surface area contributed by atoms with Crippen LogP contribution in [0.2, 0.25) is 0 Å². The van der Waals surface area contributed by atoms with Crippen molar-refractivity contribution in [2.75, 3.05) is 18.5 Å². The van der Waals surface area contributed by atoms with Gasteiger partial charge in [-0.3, -0.25) is 14.6 Å². The van der Waals surface area contributed by atoms with Gasteiger partial charge in [-0.15, -0.1) is 0 Å². The molecule has 0 spiro atoms. The number of Topliss-reactive ketones (excluding diaryl/α,β-unsaturated/α-hetero) is 1. The molecule has 2 aliphatic rings. The number of aliphatic hydroxyl groups excluding tert-OH is 1. The highest BCUT2D eigenvalue weighted by atomic mass is 16.5. The molecule has 1 aliphatic carbocycles. The first-order valence-electron chi connectivity index (χ1n) is 10.1. The minimum absolute atomic E-state index is 0.0195. The van der Waals surface area contributed by atoms with Crippen LogP contribution in [0.25, 0.3) is 0 Å². The number of aromatic nitrogens is 1. The number of ketones is 2. The average molecular weight is 422 g/mol. The van der Waals surface area contributed by atoms with E-state index in [0.29, 0.717) is 29.5 Å². The fraction of sp³-hybridized carbons (Fsp3) is 0.304. The van der Waals surface area contributed by atoms with Gasteiger partial charge in [0.2, 0.25) is 11.6 Å². The van der Waals surface area contributed by atoms with Crippen LogP contribution in [0.3, 0.4) is 0 Å². The van der Waals surface area contributed by atoms with Crippen LogP contribution in [-0.4, -0.2) is 46.9 Å².